The Morgan fingerprint density at radius 3 is 2.70 bits per heavy atom. The number of benzene rings is 1. The summed E-state index contributed by atoms with van der Waals surface area (Å²) in [4.78, 5) is 12.2. The molecule has 1 amide bonds. The Morgan fingerprint density at radius 1 is 1.30 bits per heavy atom. The summed E-state index contributed by atoms with van der Waals surface area (Å²) >= 11 is 0. The lowest BCUT2D eigenvalue weighted by Gasteiger charge is -2.19. The molecule has 0 saturated heterocycles. The molecule has 20 heavy (non-hydrogen) atoms. The molecule has 1 aliphatic carbocycles. The fourth-order valence-electron chi connectivity index (χ4n) is 2.67. The number of carbonyl (C=O) groups excluding carboxylic acids is 1. The predicted octanol–water partition coefficient (Wildman–Crippen LogP) is 1.59. The third-order valence-corrected chi connectivity index (χ3v) is 3.86. The zero-order chi connectivity index (χ0) is 14.5. The average Bonchev–Trinajstić information content (AvgIpc) is 2.93. The molecule has 2 atom stereocenters. The van der Waals surface area contributed by atoms with Crippen LogP contribution in [0.15, 0.2) is 18.2 Å². The van der Waals surface area contributed by atoms with Crippen molar-refractivity contribution in [2.45, 2.75) is 25.3 Å². The Labute approximate surface area is 118 Å². The molecule has 5 nitrogen and oxygen atoms in total. The fourth-order valence-corrected chi connectivity index (χ4v) is 2.67. The van der Waals surface area contributed by atoms with Crippen molar-refractivity contribution in [1.82, 2.24) is 5.32 Å². The van der Waals surface area contributed by atoms with Crippen molar-refractivity contribution in [1.29, 1.82) is 0 Å². The predicted molar refractivity (Wildman–Crippen MR) is 75.2 cm³/mol. The molecule has 0 radical (unpaired) electrons. The summed E-state index contributed by atoms with van der Waals surface area (Å²) in [7, 11) is 3.10. The molecule has 0 spiro atoms. The maximum absolute atomic E-state index is 12.2. The van der Waals surface area contributed by atoms with Crippen molar-refractivity contribution < 1.29 is 19.4 Å². The topological polar surface area (TPSA) is 67.8 Å². The molecule has 2 unspecified atom stereocenters. The highest BCUT2D eigenvalue weighted by Gasteiger charge is 2.28. The van der Waals surface area contributed by atoms with Gasteiger partial charge in [-0.25, -0.2) is 0 Å². The Balaban J connectivity index is 2.09. The van der Waals surface area contributed by atoms with Crippen LogP contribution in [0, 0.1) is 5.92 Å². The van der Waals surface area contributed by atoms with Crippen LogP contribution in [0.3, 0.4) is 0 Å². The van der Waals surface area contributed by atoms with E-state index in [1.54, 1.807) is 25.3 Å². The Kier molecular flexibility index (Phi) is 4.84. The molecular formula is C15H21NO4. The summed E-state index contributed by atoms with van der Waals surface area (Å²) in [5.74, 6) is 1.15. The molecule has 0 aromatic heterocycles. The second-order valence-corrected chi connectivity index (χ2v) is 5.02. The van der Waals surface area contributed by atoms with Gasteiger partial charge in [0, 0.05) is 24.1 Å². The van der Waals surface area contributed by atoms with E-state index in [2.05, 4.69) is 5.32 Å². The highest BCUT2D eigenvalue weighted by molar-refractivity contribution is 5.95. The van der Waals surface area contributed by atoms with Crippen LogP contribution in [0.2, 0.25) is 0 Å². The standard InChI is InChI=1S/C15H21NO4/c1-19-13-7-6-10(8-14(13)20-2)15(18)16-12-5-3-4-11(12)9-17/h6-8,11-12,17H,3-5,9H2,1-2H3,(H,16,18). The molecule has 2 N–H and O–H groups in total. The molecule has 0 heterocycles. The fraction of sp³-hybridized carbons (Fsp3) is 0.533. The van der Waals surface area contributed by atoms with Crippen LogP contribution in [-0.4, -0.2) is 37.9 Å². The van der Waals surface area contributed by atoms with Crippen molar-refractivity contribution in [2.75, 3.05) is 20.8 Å². The van der Waals surface area contributed by atoms with Crippen LogP contribution in [0.5, 0.6) is 11.5 Å². The summed E-state index contributed by atoms with van der Waals surface area (Å²) in [5, 5.41) is 12.3. The number of aliphatic hydroxyl groups is 1. The van der Waals surface area contributed by atoms with Crippen molar-refractivity contribution in [2.24, 2.45) is 5.92 Å². The number of amides is 1. The summed E-state index contributed by atoms with van der Waals surface area (Å²) in [6.07, 6.45) is 2.93. The minimum atomic E-state index is -0.142. The summed E-state index contributed by atoms with van der Waals surface area (Å²) in [6.45, 7) is 0.122. The third-order valence-electron chi connectivity index (χ3n) is 3.86. The molecule has 5 heteroatoms. The number of rotatable bonds is 5. The summed E-state index contributed by atoms with van der Waals surface area (Å²) < 4.78 is 10.3. The van der Waals surface area contributed by atoms with Gasteiger partial charge in [0.25, 0.3) is 5.91 Å². The van der Waals surface area contributed by atoms with E-state index >= 15 is 0 Å². The monoisotopic (exact) mass is 279 g/mol. The Bertz CT molecular complexity index is 475. The third kappa shape index (κ3) is 3.04. The number of carbonyl (C=O) groups is 1. The second-order valence-electron chi connectivity index (χ2n) is 5.02. The number of ether oxygens (including phenoxy) is 2. The van der Waals surface area contributed by atoms with Gasteiger partial charge in [0.2, 0.25) is 0 Å². The number of nitrogens with one attached hydrogen (secondary N) is 1. The molecule has 2 rings (SSSR count). The highest BCUT2D eigenvalue weighted by Crippen LogP contribution is 2.28. The van der Waals surface area contributed by atoms with Gasteiger partial charge in [0.15, 0.2) is 11.5 Å². The Morgan fingerprint density at radius 2 is 2.05 bits per heavy atom. The molecule has 110 valence electrons. The average molecular weight is 279 g/mol. The first-order chi connectivity index (χ1) is 9.69. The minimum Gasteiger partial charge on any atom is -0.493 e. The minimum absolute atomic E-state index is 0.0561. The smallest absolute Gasteiger partial charge is 0.251 e. The molecule has 0 bridgehead atoms. The maximum Gasteiger partial charge on any atom is 0.251 e. The largest absolute Gasteiger partial charge is 0.493 e. The first kappa shape index (κ1) is 14.7. The zero-order valence-electron chi connectivity index (χ0n) is 11.9. The lowest BCUT2D eigenvalue weighted by molar-refractivity contribution is 0.0915. The van der Waals surface area contributed by atoms with Gasteiger partial charge in [-0.1, -0.05) is 6.42 Å². The second kappa shape index (κ2) is 6.61. The van der Waals surface area contributed by atoms with Gasteiger partial charge >= 0.3 is 0 Å². The van der Waals surface area contributed by atoms with E-state index in [1.165, 1.54) is 7.11 Å². The van der Waals surface area contributed by atoms with Crippen LogP contribution >= 0.6 is 0 Å². The highest BCUT2D eigenvalue weighted by atomic mass is 16.5. The van der Waals surface area contributed by atoms with Gasteiger partial charge in [-0.3, -0.25) is 4.79 Å². The molecule has 1 fully saturated rings. The van der Waals surface area contributed by atoms with Crippen molar-refractivity contribution in [3.63, 3.8) is 0 Å². The first-order valence-electron chi connectivity index (χ1n) is 6.83. The van der Waals surface area contributed by atoms with Crippen LogP contribution < -0.4 is 14.8 Å². The van der Waals surface area contributed by atoms with Crippen molar-refractivity contribution in [3.8, 4) is 11.5 Å². The molecular weight excluding hydrogens is 258 g/mol. The first-order valence-corrected chi connectivity index (χ1v) is 6.83. The number of hydrogen-bond acceptors (Lipinski definition) is 4. The molecule has 1 aromatic carbocycles. The molecule has 1 aromatic rings. The lowest BCUT2D eigenvalue weighted by atomic mass is 10.0. The summed E-state index contributed by atoms with van der Waals surface area (Å²) in [5.41, 5.74) is 0.534. The van der Waals surface area contributed by atoms with Gasteiger partial charge in [0.1, 0.15) is 0 Å². The lowest BCUT2D eigenvalue weighted by Crippen LogP contribution is -2.38. The normalized spacial score (nSPS) is 21.6. The number of hydrogen-bond donors (Lipinski definition) is 2. The van der Waals surface area contributed by atoms with E-state index in [0.717, 1.165) is 19.3 Å². The van der Waals surface area contributed by atoms with Crippen molar-refractivity contribution in [3.05, 3.63) is 23.8 Å². The van der Waals surface area contributed by atoms with Crippen LogP contribution in [0.25, 0.3) is 0 Å². The van der Waals surface area contributed by atoms with Gasteiger partial charge in [-0.15, -0.1) is 0 Å². The van der Waals surface area contributed by atoms with Crippen molar-refractivity contribution >= 4 is 5.91 Å². The zero-order valence-corrected chi connectivity index (χ0v) is 11.9. The van der Waals surface area contributed by atoms with Crippen LogP contribution in [0.4, 0.5) is 0 Å². The summed E-state index contributed by atoms with van der Waals surface area (Å²) in [6, 6.07) is 5.14. The van der Waals surface area contributed by atoms with Gasteiger partial charge < -0.3 is 19.9 Å². The van der Waals surface area contributed by atoms with E-state index in [4.69, 9.17) is 9.47 Å². The van der Waals surface area contributed by atoms with Crippen LogP contribution in [0.1, 0.15) is 29.6 Å². The van der Waals surface area contributed by atoms with E-state index in [9.17, 15) is 9.90 Å². The van der Waals surface area contributed by atoms with E-state index < -0.39 is 0 Å². The van der Waals surface area contributed by atoms with E-state index in [1.807, 2.05) is 0 Å². The van der Waals surface area contributed by atoms with E-state index in [-0.39, 0.29) is 24.5 Å². The van der Waals surface area contributed by atoms with Crippen LogP contribution in [-0.2, 0) is 0 Å². The quantitative estimate of drug-likeness (QED) is 0.859. The van der Waals surface area contributed by atoms with Gasteiger partial charge in [0.05, 0.1) is 14.2 Å². The number of aliphatic hydroxyl groups excluding tert-OH is 1. The van der Waals surface area contributed by atoms with Gasteiger partial charge in [-0.2, -0.15) is 0 Å². The maximum atomic E-state index is 12.2. The SMILES string of the molecule is COc1ccc(C(=O)NC2CCCC2CO)cc1OC. The van der Waals surface area contributed by atoms with Gasteiger partial charge in [-0.05, 0) is 31.0 Å². The number of methoxy groups -OCH3 is 2. The Hall–Kier alpha value is -1.75. The van der Waals surface area contributed by atoms with E-state index in [0.29, 0.717) is 17.1 Å². The molecule has 1 aliphatic rings. The molecule has 0 aliphatic heterocycles. The molecule has 1 saturated carbocycles.